The lowest BCUT2D eigenvalue weighted by molar-refractivity contribution is -0.137. The normalized spacial score (nSPS) is 15.2. The second kappa shape index (κ2) is 9.41. The Balaban J connectivity index is 1.47. The molecule has 2 aromatic rings. The topological polar surface area (TPSA) is 41.6 Å². The molecule has 0 aliphatic carbocycles. The first-order valence-corrected chi connectivity index (χ1v) is 10.1. The smallest absolute Gasteiger partial charge is 0.416 e. The number of benzene rings is 2. The number of likely N-dealkylation sites (tertiary alicyclic amines) is 1. The second-order valence-corrected chi connectivity index (χ2v) is 7.80. The second-order valence-electron chi connectivity index (χ2n) is 7.80. The fraction of sp³-hybridized carbons (Fsp3) is 0.435. The Bertz CT molecular complexity index is 858. The SMILES string of the molecule is COc1ccc(C)cc1NC(=O)N1CCC(CCc2ccc(C(F)(F)F)cc2)CC1. The molecule has 1 fully saturated rings. The zero-order chi connectivity index (χ0) is 21.7. The number of urea groups is 1. The summed E-state index contributed by atoms with van der Waals surface area (Å²) in [4.78, 5) is 14.4. The molecule has 0 aromatic heterocycles. The Labute approximate surface area is 175 Å². The van der Waals surface area contributed by atoms with Crippen LogP contribution in [0.3, 0.4) is 0 Å². The molecule has 7 heteroatoms. The van der Waals surface area contributed by atoms with Crippen LogP contribution < -0.4 is 10.1 Å². The minimum Gasteiger partial charge on any atom is -0.495 e. The summed E-state index contributed by atoms with van der Waals surface area (Å²) in [6.07, 6.45) is -0.867. The number of aryl methyl sites for hydroxylation is 2. The molecule has 3 rings (SSSR count). The predicted molar refractivity (Wildman–Crippen MR) is 111 cm³/mol. The number of nitrogens with one attached hydrogen (secondary N) is 1. The van der Waals surface area contributed by atoms with E-state index in [4.69, 9.17) is 4.74 Å². The van der Waals surface area contributed by atoms with Crippen molar-refractivity contribution in [1.29, 1.82) is 0 Å². The zero-order valence-electron chi connectivity index (χ0n) is 17.3. The van der Waals surface area contributed by atoms with E-state index in [1.165, 1.54) is 0 Å². The van der Waals surface area contributed by atoms with Crippen LogP contribution in [-0.2, 0) is 12.6 Å². The Morgan fingerprint density at radius 3 is 2.40 bits per heavy atom. The minimum atomic E-state index is -4.30. The number of hydrogen-bond acceptors (Lipinski definition) is 2. The van der Waals surface area contributed by atoms with Crippen molar-refractivity contribution in [2.24, 2.45) is 5.92 Å². The molecular weight excluding hydrogens is 393 g/mol. The molecule has 0 spiro atoms. The molecule has 0 radical (unpaired) electrons. The molecule has 30 heavy (non-hydrogen) atoms. The molecule has 2 aromatic carbocycles. The summed E-state index contributed by atoms with van der Waals surface area (Å²) in [6.45, 7) is 3.28. The van der Waals surface area contributed by atoms with Gasteiger partial charge in [0.1, 0.15) is 5.75 Å². The molecule has 1 N–H and O–H groups in total. The summed E-state index contributed by atoms with van der Waals surface area (Å²) in [5, 5.41) is 2.93. The molecule has 0 bridgehead atoms. The van der Waals surface area contributed by atoms with Crippen LogP contribution in [0.2, 0.25) is 0 Å². The average molecular weight is 420 g/mol. The molecule has 4 nitrogen and oxygen atoms in total. The number of carbonyl (C=O) groups is 1. The summed E-state index contributed by atoms with van der Waals surface area (Å²) >= 11 is 0. The van der Waals surface area contributed by atoms with Crippen LogP contribution in [0.25, 0.3) is 0 Å². The molecule has 1 aliphatic heterocycles. The number of rotatable bonds is 5. The van der Waals surface area contributed by atoms with Gasteiger partial charge in [0.25, 0.3) is 0 Å². The third-order valence-electron chi connectivity index (χ3n) is 5.62. The molecule has 1 aliphatic rings. The summed E-state index contributed by atoms with van der Waals surface area (Å²) in [5.74, 6) is 1.09. The van der Waals surface area contributed by atoms with Gasteiger partial charge in [-0.3, -0.25) is 0 Å². The first-order valence-electron chi connectivity index (χ1n) is 10.1. The molecule has 0 unspecified atom stereocenters. The predicted octanol–water partition coefficient (Wildman–Crippen LogP) is 5.90. The van der Waals surface area contributed by atoms with Crippen LogP contribution in [0, 0.1) is 12.8 Å². The van der Waals surface area contributed by atoms with Gasteiger partial charge in [0.05, 0.1) is 18.4 Å². The highest BCUT2D eigenvalue weighted by atomic mass is 19.4. The van der Waals surface area contributed by atoms with Gasteiger partial charge in [-0.05, 0) is 73.9 Å². The van der Waals surface area contributed by atoms with Crippen molar-refractivity contribution >= 4 is 11.7 Å². The molecule has 162 valence electrons. The molecule has 2 amide bonds. The number of anilines is 1. The number of methoxy groups -OCH3 is 1. The van der Waals surface area contributed by atoms with Gasteiger partial charge in [-0.15, -0.1) is 0 Å². The number of carbonyl (C=O) groups excluding carboxylic acids is 1. The maximum absolute atomic E-state index is 12.7. The largest absolute Gasteiger partial charge is 0.495 e. The molecule has 0 atom stereocenters. The summed E-state index contributed by atoms with van der Waals surface area (Å²) in [5.41, 5.74) is 1.99. The van der Waals surface area contributed by atoms with Crippen LogP contribution in [-0.4, -0.2) is 31.1 Å². The highest BCUT2D eigenvalue weighted by Gasteiger charge is 2.30. The standard InChI is InChI=1S/C23H27F3N2O2/c1-16-3-10-21(30-2)20(15-16)27-22(29)28-13-11-18(12-14-28)5-4-17-6-8-19(9-7-17)23(24,25)26/h3,6-10,15,18H,4-5,11-14H2,1-2H3,(H,27,29). The van der Waals surface area contributed by atoms with E-state index in [9.17, 15) is 18.0 Å². The number of hydrogen-bond donors (Lipinski definition) is 1. The summed E-state index contributed by atoms with van der Waals surface area (Å²) < 4.78 is 43.3. The first-order chi connectivity index (χ1) is 14.3. The Hall–Kier alpha value is -2.70. The van der Waals surface area contributed by atoms with Gasteiger partial charge in [-0.25, -0.2) is 4.79 Å². The average Bonchev–Trinajstić information content (AvgIpc) is 2.72. The van der Waals surface area contributed by atoms with Gasteiger partial charge in [0.15, 0.2) is 0 Å². The van der Waals surface area contributed by atoms with E-state index in [1.54, 1.807) is 24.1 Å². The maximum atomic E-state index is 12.7. The quantitative estimate of drug-likeness (QED) is 0.654. The molecule has 0 saturated carbocycles. The van der Waals surface area contributed by atoms with Crippen LogP contribution in [0.5, 0.6) is 5.75 Å². The van der Waals surface area contributed by atoms with Crippen LogP contribution in [0.15, 0.2) is 42.5 Å². The van der Waals surface area contributed by atoms with E-state index >= 15 is 0 Å². The van der Waals surface area contributed by atoms with Crippen molar-refractivity contribution < 1.29 is 22.7 Å². The molecule has 1 heterocycles. The Morgan fingerprint density at radius 1 is 1.13 bits per heavy atom. The Morgan fingerprint density at radius 2 is 1.80 bits per heavy atom. The van der Waals surface area contributed by atoms with Crippen molar-refractivity contribution in [3.63, 3.8) is 0 Å². The van der Waals surface area contributed by atoms with Crippen molar-refractivity contribution in [3.05, 3.63) is 59.2 Å². The van der Waals surface area contributed by atoms with E-state index in [1.807, 2.05) is 25.1 Å². The van der Waals surface area contributed by atoms with Gasteiger partial charge in [-0.2, -0.15) is 13.2 Å². The number of alkyl halides is 3. The van der Waals surface area contributed by atoms with Crippen LogP contribution >= 0.6 is 0 Å². The number of nitrogens with zero attached hydrogens (tertiary/aromatic N) is 1. The van der Waals surface area contributed by atoms with Crippen molar-refractivity contribution in [2.45, 2.75) is 38.8 Å². The number of halogens is 3. The lowest BCUT2D eigenvalue weighted by atomic mass is 9.90. The van der Waals surface area contributed by atoms with Crippen molar-refractivity contribution in [1.82, 2.24) is 4.90 Å². The third-order valence-corrected chi connectivity index (χ3v) is 5.62. The van der Waals surface area contributed by atoms with E-state index in [0.717, 1.165) is 48.9 Å². The van der Waals surface area contributed by atoms with Gasteiger partial charge in [0, 0.05) is 13.1 Å². The maximum Gasteiger partial charge on any atom is 0.416 e. The fourth-order valence-corrected chi connectivity index (χ4v) is 3.77. The van der Waals surface area contributed by atoms with E-state index < -0.39 is 11.7 Å². The van der Waals surface area contributed by atoms with Crippen LogP contribution in [0.4, 0.5) is 23.7 Å². The van der Waals surface area contributed by atoms with E-state index in [2.05, 4.69) is 5.32 Å². The minimum absolute atomic E-state index is 0.139. The summed E-state index contributed by atoms with van der Waals surface area (Å²) in [7, 11) is 1.57. The lowest BCUT2D eigenvalue weighted by Gasteiger charge is -2.32. The monoisotopic (exact) mass is 420 g/mol. The van der Waals surface area contributed by atoms with E-state index in [0.29, 0.717) is 30.4 Å². The van der Waals surface area contributed by atoms with Crippen molar-refractivity contribution in [3.8, 4) is 5.75 Å². The third kappa shape index (κ3) is 5.68. The van der Waals surface area contributed by atoms with Crippen LogP contribution in [0.1, 0.15) is 36.0 Å². The number of amides is 2. The Kier molecular flexibility index (Phi) is 6.90. The molecular formula is C23H27F3N2O2. The molecule has 1 saturated heterocycles. The van der Waals surface area contributed by atoms with Crippen molar-refractivity contribution in [2.75, 3.05) is 25.5 Å². The highest BCUT2D eigenvalue weighted by Crippen LogP contribution is 2.30. The lowest BCUT2D eigenvalue weighted by Crippen LogP contribution is -2.41. The van der Waals surface area contributed by atoms with Gasteiger partial charge >= 0.3 is 12.2 Å². The zero-order valence-corrected chi connectivity index (χ0v) is 17.3. The fourth-order valence-electron chi connectivity index (χ4n) is 3.77. The van der Waals surface area contributed by atoms with Gasteiger partial charge in [-0.1, -0.05) is 18.2 Å². The van der Waals surface area contributed by atoms with E-state index in [-0.39, 0.29) is 6.03 Å². The highest BCUT2D eigenvalue weighted by molar-refractivity contribution is 5.91. The van der Waals surface area contributed by atoms with Gasteiger partial charge < -0.3 is 15.0 Å². The summed E-state index contributed by atoms with van der Waals surface area (Å²) in [6, 6.07) is 10.9. The van der Waals surface area contributed by atoms with Gasteiger partial charge in [0.2, 0.25) is 0 Å². The number of ether oxygens (including phenoxy) is 1. The number of piperidine rings is 1. The first kappa shape index (κ1) is 22.0.